The Labute approximate surface area is 154 Å². The van der Waals surface area contributed by atoms with Crippen LogP contribution in [0.15, 0.2) is 12.1 Å². The minimum atomic E-state index is -0.0704. The first-order valence-corrected chi connectivity index (χ1v) is 9.94. The molecule has 132 valence electrons. The third kappa shape index (κ3) is 3.33. The number of hydrogen-bond acceptors (Lipinski definition) is 3. The largest absolute Gasteiger partial charge is 0.292 e. The molecule has 2 aliphatic heterocycles. The maximum atomic E-state index is 13.0. The first-order valence-electron chi connectivity index (χ1n) is 9.03. The number of hydrogen-bond donors (Lipinski definition) is 0. The lowest BCUT2D eigenvalue weighted by Gasteiger charge is -2.47. The number of fused-ring (bicyclic) bond motifs is 1. The van der Waals surface area contributed by atoms with E-state index < -0.39 is 0 Å². The van der Waals surface area contributed by atoms with Gasteiger partial charge in [0, 0.05) is 30.0 Å². The average Bonchev–Trinajstić information content (AvgIpc) is 2.51. The highest BCUT2D eigenvalue weighted by atomic mass is 79.9. The lowest BCUT2D eigenvalue weighted by molar-refractivity contribution is -0.0871. The van der Waals surface area contributed by atoms with Crippen LogP contribution in [0.5, 0.6) is 0 Å². The van der Waals surface area contributed by atoms with Crippen LogP contribution in [0.3, 0.4) is 0 Å². The summed E-state index contributed by atoms with van der Waals surface area (Å²) < 4.78 is 0. The van der Waals surface area contributed by atoms with Gasteiger partial charge in [-0.15, -0.1) is 0 Å². The van der Waals surface area contributed by atoms with Gasteiger partial charge in [-0.2, -0.15) is 0 Å². The number of nitrogens with zero attached hydrogens (tertiary/aromatic N) is 2. The molecule has 3 nitrogen and oxygen atoms in total. The monoisotopic (exact) mass is 392 g/mol. The van der Waals surface area contributed by atoms with E-state index in [0.717, 1.165) is 25.2 Å². The minimum Gasteiger partial charge on any atom is -0.292 e. The molecule has 1 aromatic carbocycles. The van der Waals surface area contributed by atoms with Crippen LogP contribution >= 0.6 is 15.9 Å². The van der Waals surface area contributed by atoms with E-state index in [1.807, 2.05) is 0 Å². The number of rotatable bonds is 2. The van der Waals surface area contributed by atoms with Crippen molar-refractivity contribution in [3.05, 3.63) is 34.4 Å². The van der Waals surface area contributed by atoms with Crippen LogP contribution in [0.1, 0.15) is 72.4 Å². The molecule has 0 N–H and O–H groups in total. The number of halogens is 1. The summed E-state index contributed by atoms with van der Waals surface area (Å²) in [4.78, 5) is 13.3. The number of piperidine rings is 1. The Morgan fingerprint density at radius 3 is 2.46 bits per heavy atom. The van der Waals surface area contributed by atoms with Gasteiger partial charge in [0.2, 0.25) is 0 Å². The van der Waals surface area contributed by atoms with E-state index in [-0.39, 0.29) is 16.7 Å². The van der Waals surface area contributed by atoms with E-state index in [2.05, 4.69) is 72.7 Å². The number of carbonyl (C=O) groups excluding carboxylic acids is 1. The van der Waals surface area contributed by atoms with Gasteiger partial charge in [-0.3, -0.25) is 4.79 Å². The Balaban J connectivity index is 1.93. The van der Waals surface area contributed by atoms with Gasteiger partial charge >= 0.3 is 0 Å². The van der Waals surface area contributed by atoms with Crippen LogP contribution in [0, 0.1) is 12.3 Å². The fraction of sp³-hybridized carbons (Fsp3) is 0.650. The van der Waals surface area contributed by atoms with Crippen LogP contribution in [-0.4, -0.2) is 34.9 Å². The van der Waals surface area contributed by atoms with Gasteiger partial charge < -0.3 is 0 Å². The van der Waals surface area contributed by atoms with Crippen LogP contribution in [0.2, 0.25) is 0 Å². The molecule has 2 heterocycles. The lowest BCUT2D eigenvalue weighted by atomic mass is 9.83. The second-order valence-electron chi connectivity index (χ2n) is 8.25. The zero-order valence-corrected chi connectivity index (χ0v) is 17.1. The van der Waals surface area contributed by atoms with Crippen molar-refractivity contribution >= 4 is 21.7 Å². The van der Waals surface area contributed by atoms with Crippen LogP contribution in [0.4, 0.5) is 0 Å². The maximum Gasteiger partial charge on any atom is 0.181 e. The van der Waals surface area contributed by atoms with E-state index in [1.165, 1.54) is 29.5 Å². The summed E-state index contributed by atoms with van der Waals surface area (Å²) in [6.07, 6.45) is 2.37. The summed E-state index contributed by atoms with van der Waals surface area (Å²) in [6, 6.07) is 4.22. The Bertz CT molecular complexity index is 643. The molecule has 0 amide bonds. The van der Waals surface area contributed by atoms with Crippen LogP contribution in [0.25, 0.3) is 0 Å². The molecule has 1 saturated heterocycles. The molecule has 0 aromatic heterocycles. The summed E-state index contributed by atoms with van der Waals surface area (Å²) in [5, 5.41) is 4.73. The quantitative estimate of drug-likeness (QED) is 0.670. The van der Waals surface area contributed by atoms with Gasteiger partial charge in [-0.25, -0.2) is 10.0 Å². The Kier molecular flexibility index (Phi) is 4.93. The molecule has 0 aliphatic carbocycles. The van der Waals surface area contributed by atoms with E-state index in [4.69, 9.17) is 0 Å². The SMILES string of the molecule is Cc1cc2c(c(C(C)Br)c1)CN(N1CCC(C)(C)CC1)C(C)C2=O. The van der Waals surface area contributed by atoms with E-state index in [9.17, 15) is 4.79 Å². The van der Waals surface area contributed by atoms with Gasteiger partial charge in [0.1, 0.15) is 0 Å². The van der Waals surface area contributed by atoms with E-state index in [1.54, 1.807) is 0 Å². The third-order valence-corrected chi connectivity index (χ3v) is 6.22. The molecule has 3 rings (SSSR count). The molecule has 4 heteroatoms. The lowest BCUT2D eigenvalue weighted by Crippen LogP contribution is -2.56. The summed E-state index contributed by atoms with van der Waals surface area (Å²) in [6.45, 7) is 13.9. The van der Waals surface area contributed by atoms with Crippen molar-refractivity contribution in [3.8, 4) is 0 Å². The molecule has 2 aliphatic rings. The van der Waals surface area contributed by atoms with Gasteiger partial charge in [-0.1, -0.05) is 41.4 Å². The number of carbonyl (C=O) groups is 1. The fourth-order valence-electron chi connectivity index (χ4n) is 3.96. The molecule has 1 aromatic rings. The number of aryl methyl sites for hydroxylation is 1. The molecule has 0 saturated carbocycles. The van der Waals surface area contributed by atoms with E-state index in [0.29, 0.717) is 5.41 Å². The Hall–Kier alpha value is -0.710. The predicted octanol–water partition coefficient (Wildman–Crippen LogP) is 4.87. The summed E-state index contributed by atoms with van der Waals surface area (Å²) in [5.41, 5.74) is 4.98. The minimum absolute atomic E-state index is 0.0704. The highest BCUT2D eigenvalue weighted by Crippen LogP contribution is 2.36. The van der Waals surface area contributed by atoms with Crippen LogP contribution < -0.4 is 0 Å². The summed E-state index contributed by atoms with van der Waals surface area (Å²) in [5.74, 6) is 0.263. The molecular formula is C20H29BrN2O. The molecule has 0 spiro atoms. The van der Waals surface area contributed by atoms with Crippen molar-refractivity contribution in [2.75, 3.05) is 13.1 Å². The number of Topliss-reactive ketones (excluding diaryl/α,β-unsaturated/α-hetero) is 1. The van der Waals surface area contributed by atoms with Crippen molar-refractivity contribution in [3.63, 3.8) is 0 Å². The molecule has 1 fully saturated rings. The highest BCUT2D eigenvalue weighted by Gasteiger charge is 2.37. The van der Waals surface area contributed by atoms with Gasteiger partial charge in [0.05, 0.1) is 6.04 Å². The van der Waals surface area contributed by atoms with Crippen molar-refractivity contribution in [1.82, 2.24) is 10.0 Å². The van der Waals surface area contributed by atoms with Gasteiger partial charge in [-0.05, 0) is 56.2 Å². The zero-order chi connectivity index (χ0) is 17.6. The topological polar surface area (TPSA) is 23.6 Å². The van der Waals surface area contributed by atoms with Gasteiger partial charge in [0.25, 0.3) is 0 Å². The number of hydrazine groups is 1. The maximum absolute atomic E-state index is 13.0. The number of ketones is 1. The molecule has 2 unspecified atom stereocenters. The zero-order valence-electron chi connectivity index (χ0n) is 15.5. The van der Waals surface area contributed by atoms with Crippen LogP contribution in [-0.2, 0) is 6.54 Å². The van der Waals surface area contributed by atoms with Crippen molar-refractivity contribution in [2.24, 2.45) is 5.41 Å². The molecule has 0 bridgehead atoms. The van der Waals surface area contributed by atoms with Crippen molar-refractivity contribution < 1.29 is 4.79 Å². The van der Waals surface area contributed by atoms with Crippen molar-refractivity contribution in [1.29, 1.82) is 0 Å². The Morgan fingerprint density at radius 2 is 1.88 bits per heavy atom. The van der Waals surface area contributed by atoms with Crippen molar-refractivity contribution in [2.45, 2.75) is 64.9 Å². The summed E-state index contributed by atoms with van der Waals surface area (Å²) >= 11 is 3.72. The molecule has 0 radical (unpaired) electrons. The Morgan fingerprint density at radius 1 is 1.25 bits per heavy atom. The normalized spacial score (nSPS) is 26.2. The molecular weight excluding hydrogens is 364 g/mol. The van der Waals surface area contributed by atoms with E-state index >= 15 is 0 Å². The standard InChI is InChI=1S/C20H29BrN2O/c1-13-10-16(14(2)21)18-12-23(15(3)19(24)17(18)11-13)22-8-6-20(4,5)7-9-22/h10-11,14-15H,6-9,12H2,1-5H3. The second kappa shape index (κ2) is 6.54. The molecule has 2 atom stereocenters. The first-order chi connectivity index (χ1) is 11.2. The van der Waals surface area contributed by atoms with Gasteiger partial charge in [0.15, 0.2) is 5.78 Å². The fourth-order valence-corrected chi connectivity index (χ4v) is 4.37. The average molecular weight is 393 g/mol. The molecule has 24 heavy (non-hydrogen) atoms. The predicted molar refractivity (Wildman–Crippen MR) is 102 cm³/mol. The highest BCUT2D eigenvalue weighted by molar-refractivity contribution is 9.09. The smallest absolute Gasteiger partial charge is 0.181 e. The summed E-state index contributed by atoms with van der Waals surface area (Å²) in [7, 11) is 0. The number of alkyl halides is 1. The number of benzene rings is 1. The second-order valence-corrected chi connectivity index (χ2v) is 9.63. The third-order valence-electron chi connectivity index (χ3n) is 5.73. The first kappa shape index (κ1) is 18.1.